The van der Waals surface area contributed by atoms with E-state index in [1.165, 1.54) is 0 Å². The molecule has 1 atom stereocenters. The molecule has 0 saturated carbocycles. The van der Waals surface area contributed by atoms with Crippen LogP contribution in [0.5, 0.6) is 5.75 Å². The first kappa shape index (κ1) is 15.1. The van der Waals surface area contributed by atoms with Gasteiger partial charge in [0.2, 0.25) is 0 Å². The molecule has 0 saturated heterocycles. The van der Waals surface area contributed by atoms with Crippen molar-refractivity contribution in [1.82, 2.24) is 0 Å². The van der Waals surface area contributed by atoms with Crippen LogP contribution in [0.4, 0.5) is 0 Å². The van der Waals surface area contributed by atoms with E-state index in [1.807, 2.05) is 36.4 Å². The molecule has 0 fully saturated rings. The van der Waals surface area contributed by atoms with Crippen LogP contribution < -0.4 is 4.74 Å². The van der Waals surface area contributed by atoms with Gasteiger partial charge < -0.3 is 9.84 Å². The molecule has 2 nitrogen and oxygen atoms in total. The average Bonchev–Trinajstić information content (AvgIpc) is 2.73. The van der Waals surface area contributed by atoms with Crippen molar-refractivity contribution in [3.63, 3.8) is 0 Å². The number of hydrogen-bond acceptors (Lipinski definition) is 2. The number of ether oxygens (including phenoxy) is 1. The molecule has 0 spiro atoms. The minimum absolute atomic E-state index is 0.164. The predicted octanol–water partition coefficient (Wildman–Crippen LogP) is 5.01. The minimum atomic E-state index is -0.661. The van der Waals surface area contributed by atoms with Crippen LogP contribution in [0.25, 0.3) is 0 Å². The van der Waals surface area contributed by atoms with E-state index in [9.17, 15) is 5.11 Å². The Kier molecular flexibility index (Phi) is 3.89. The number of halogens is 2. The monoisotopic (exact) mass is 410 g/mol. The summed E-state index contributed by atoms with van der Waals surface area (Å²) in [7, 11) is 0. The second kappa shape index (κ2) is 5.41. The van der Waals surface area contributed by atoms with Gasteiger partial charge in [0.25, 0.3) is 0 Å². The number of fused-ring (bicyclic) bond motifs is 1. The van der Waals surface area contributed by atoms with E-state index in [2.05, 4.69) is 45.7 Å². The normalized spacial score (nSPS) is 17.2. The van der Waals surface area contributed by atoms with Crippen LogP contribution in [-0.4, -0.2) is 10.7 Å². The van der Waals surface area contributed by atoms with Gasteiger partial charge in [0.05, 0.1) is 0 Å². The highest BCUT2D eigenvalue weighted by Gasteiger charge is 2.30. The predicted molar refractivity (Wildman–Crippen MR) is 90.8 cm³/mol. The average molecular weight is 412 g/mol. The zero-order valence-corrected chi connectivity index (χ0v) is 15.0. The summed E-state index contributed by atoms with van der Waals surface area (Å²) in [5.74, 6) is 0.921. The Bertz CT molecular complexity index is 695. The highest BCUT2D eigenvalue weighted by molar-refractivity contribution is 9.11. The lowest BCUT2D eigenvalue weighted by Gasteiger charge is -2.16. The maximum absolute atomic E-state index is 10.7. The Morgan fingerprint density at radius 3 is 2.67 bits per heavy atom. The third-order valence-corrected chi connectivity index (χ3v) is 4.87. The van der Waals surface area contributed by atoms with Crippen molar-refractivity contribution in [2.24, 2.45) is 0 Å². The summed E-state index contributed by atoms with van der Waals surface area (Å²) >= 11 is 6.95. The van der Waals surface area contributed by atoms with E-state index in [1.54, 1.807) is 0 Å². The molecule has 0 amide bonds. The molecular weight excluding hydrogens is 396 g/mol. The van der Waals surface area contributed by atoms with E-state index in [-0.39, 0.29) is 5.60 Å². The summed E-state index contributed by atoms with van der Waals surface area (Å²) in [6, 6.07) is 11.7. The molecule has 1 heterocycles. The maximum Gasteiger partial charge on any atom is 0.123 e. The molecule has 1 aliphatic heterocycles. The Labute approximate surface area is 141 Å². The van der Waals surface area contributed by atoms with Gasteiger partial charge in [-0.1, -0.05) is 37.9 Å². The van der Waals surface area contributed by atoms with Crippen molar-refractivity contribution < 1.29 is 9.84 Å². The molecule has 2 aromatic rings. The summed E-state index contributed by atoms with van der Waals surface area (Å²) < 4.78 is 7.73. The Balaban J connectivity index is 1.97. The van der Waals surface area contributed by atoms with Gasteiger partial charge in [-0.25, -0.2) is 0 Å². The van der Waals surface area contributed by atoms with Gasteiger partial charge in [0.1, 0.15) is 17.5 Å². The molecular formula is C17H16Br2O2. The summed E-state index contributed by atoms with van der Waals surface area (Å²) in [5, 5.41) is 10.7. The molecule has 0 radical (unpaired) electrons. The Morgan fingerprint density at radius 2 is 1.90 bits per heavy atom. The molecule has 110 valence electrons. The molecule has 0 bridgehead atoms. The van der Waals surface area contributed by atoms with Crippen molar-refractivity contribution in [1.29, 1.82) is 0 Å². The van der Waals surface area contributed by atoms with Crippen LogP contribution in [0.15, 0.2) is 45.3 Å². The fourth-order valence-electron chi connectivity index (χ4n) is 2.70. The third-order valence-electron chi connectivity index (χ3n) is 3.66. The Morgan fingerprint density at radius 1 is 1.14 bits per heavy atom. The molecule has 4 heteroatoms. The van der Waals surface area contributed by atoms with E-state index < -0.39 is 6.10 Å². The van der Waals surface area contributed by atoms with E-state index in [4.69, 9.17) is 4.74 Å². The summed E-state index contributed by atoms with van der Waals surface area (Å²) in [6.45, 7) is 4.15. The number of rotatable bonds is 2. The first-order valence-corrected chi connectivity index (χ1v) is 8.39. The molecule has 1 N–H and O–H groups in total. The van der Waals surface area contributed by atoms with Gasteiger partial charge in [-0.05, 0) is 55.3 Å². The summed E-state index contributed by atoms with van der Waals surface area (Å²) in [6.07, 6.45) is 0.202. The van der Waals surface area contributed by atoms with Gasteiger partial charge in [-0.2, -0.15) is 0 Å². The number of benzene rings is 2. The highest BCUT2D eigenvalue weighted by Crippen LogP contribution is 2.38. The largest absolute Gasteiger partial charge is 0.487 e. The number of hydrogen-bond donors (Lipinski definition) is 1. The molecule has 0 aliphatic carbocycles. The molecule has 1 aliphatic rings. The van der Waals surface area contributed by atoms with E-state index in [0.717, 1.165) is 37.8 Å². The smallest absolute Gasteiger partial charge is 0.123 e. The van der Waals surface area contributed by atoms with E-state index >= 15 is 0 Å². The van der Waals surface area contributed by atoms with Crippen LogP contribution >= 0.6 is 31.9 Å². The highest BCUT2D eigenvalue weighted by atomic mass is 79.9. The van der Waals surface area contributed by atoms with Gasteiger partial charge in [-0.3, -0.25) is 0 Å². The molecule has 3 rings (SSSR count). The minimum Gasteiger partial charge on any atom is -0.487 e. The number of aliphatic hydroxyl groups is 1. The van der Waals surface area contributed by atoms with Crippen LogP contribution in [-0.2, 0) is 6.42 Å². The Hall–Kier alpha value is -0.840. The maximum atomic E-state index is 10.7. The molecule has 2 aromatic carbocycles. The third kappa shape index (κ3) is 3.03. The van der Waals surface area contributed by atoms with Crippen LogP contribution in [0, 0.1) is 0 Å². The lowest BCUT2D eigenvalue weighted by molar-refractivity contribution is 0.138. The fourth-order valence-corrected chi connectivity index (χ4v) is 3.55. The lowest BCUT2D eigenvalue weighted by Crippen LogP contribution is -2.24. The van der Waals surface area contributed by atoms with Crippen molar-refractivity contribution in [3.05, 3.63) is 62.0 Å². The van der Waals surface area contributed by atoms with Crippen molar-refractivity contribution in [2.45, 2.75) is 32.0 Å². The summed E-state index contributed by atoms with van der Waals surface area (Å²) in [5.41, 5.74) is 2.72. The number of aliphatic hydroxyl groups excluding tert-OH is 1. The lowest BCUT2D eigenvalue weighted by atomic mass is 9.96. The second-order valence-electron chi connectivity index (χ2n) is 5.97. The molecule has 0 aromatic heterocycles. The SMILES string of the molecule is CC1(C)Cc2cc(C(O)c3cc(Br)ccc3Br)ccc2O1. The molecule has 1 unspecified atom stereocenters. The first-order valence-electron chi connectivity index (χ1n) is 6.80. The zero-order valence-electron chi connectivity index (χ0n) is 11.9. The van der Waals surface area contributed by atoms with Crippen LogP contribution in [0.2, 0.25) is 0 Å². The zero-order chi connectivity index (χ0) is 15.2. The van der Waals surface area contributed by atoms with Crippen LogP contribution in [0.3, 0.4) is 0 Å². The van der Waals surface area contributed by atoms with Crippen molar-refractivity contribution in [3.8, 4) is 5.75 Å². The quantitative estimate of drug-likeness (QED) is 0.752. The fraction of sp³-hybridized carbons (Fsp3) is 0.294. The van der Waals surface area contributed by atoms with Crippen molar-refractivity contribution in [2.75, 3.05) is 0 Å². The first-order chi connectivity index (χ1) is 9.85. The van der Waals surface area contributed by atoms with Gasteiger partial charge in [0, 0.05) is 20.9 Å². The van der Waals surface area contributed by atoms with Gasteiger partial charge in [-0.15, -0.1) is 0 Å². The standard InChI is InChI=1S/C17H16Br2O2/c1-17(2)9-11-7-10(3-6-15(11)21-17)16(20)13-8-12(18)4-5-14(13)19/h3-8,16,20H,9H2,1-2H3. The topological polar surface area (TPSA) is 29.5 Å². The van der Waals surface area contributed by atoms with Crippen LogP contribution in [0.1, 0.15) is 36.6 Å². The summed E-state index contributed by atoms with van der Waals surface area (Å²) in [4.78, 5) is 0. The second-order valence-corrected chi connectivity index (χ2v) is 7.74. The van der Waals surface area contributed by atoms with E-state index in [0.29, 0.717) is 0 Å². The van der Waals surface area contributed by atoms with Gasteiger partial charge in [0.15, 0.2) is 0 Å². The van der Waals surface area contributed by atoms with Gasteiger partial charge >= 0.3 is 0 Å². The van der Waals surface area contributed by atoms with Crippen molar-refractivity contribution >= 4 is 31.9 Å². The molecule has 21 heavy (non-hydrogen) atoms.